The molecule has 1 heterocycles. The van der Waals surface area contributed by atoms with Crippen molar-refractivity contribution in [3.05, 3.63) is 46.5 Å². The molecular weight excluding hydrogens is 498 g/mol. The molecular formula is C31H44ClN3O3. The summed E-state index contributed by atoms with van der Waals surface area (Å²) in [7, 11) is 0. The molecule has 0 spiro atoms. The molecule has 0 atom stereocenters. The first kappa shape index (κ1) is 29.9. The van der Waals surface area contributed by atoms with Crippen LogP contribution in [-0.2, 0) is 21.4 Å². The third kappa shape index (κ3) is 9.00. The average Bonchev–Trinajstić information content (AvgIpc) is 3.29. The Morgan fingerprint density at radius 2 is 1.55 bits per heavy atom. The van der Waals surface area contributed by atoms with Crippen molar-refractivity contribution in [3.63, 3.8) is 0 Å². The molecule has 7 heteroatoms. The van der Waals surface area contributed by atoms with Gasteiger partial charge in [-0.05, 0) is 48.1 Å². The van der Waals surface area contributed by atoms with Crippen LogP contribution in [0.5, 0.6) is 5.75 Å². The summed E-state index contributed by atoms with van der Waals surface area (Å²) >= 11 is 6.11. The number of phenols is 1. The Balaban J connectivity index is 1.53. The number of ether oxygens (including phenoxy) is 1. The molecule has 3 aromatic rings. The van der Waals surface area contributed by atoms with Gasteiger partial charge in [0.15, 0.2) is 0 Å². The lowest BCUT2D eigenvalue weighted by Gasteiger charge is -2.23. The number of hydrogen-bond acceptors (Lipinski definition) is 5. The minimum absolute atomic E-state index is 0.135. The second-order valence-corrected chi connectivity index (χ2v) is 11.7. The topological polar surface area (TPSA) is 77.2 Å². The van der Waals surface area contributed by atoms with Crippen LogP contribution in [-0.4, -0.2) is 32.7 Å². The first-order valence-electron chi connectivity index (χ1n) is 14.2. The van der Waals surface area contributed by atoms with Gasteiger partial charge < -0.3 is 9.84 Å². The summed E-state index contributed by atoms with van der Waals surface area (Å²) in [6, 6.07) is 9.13. The zero-order valence-corrected chi connectivity index (χ0v) is 24.3. The minimum atomic E-state index is -0.305. The van der Waals surface area contributed by atoms with Gasteiger partial charge in [-0.15, -0.1) is 15.0 Å². The number of esters is 1. The third-order valence-corrected chi connectivity index (χ3v) is 7.13. The van der Waals surface area contributed by atoms with E-state index < -0.39 is 0 Å². The van der Waals surface area contributed by atoms with Gasteiger partial charge in [0.2, 0.25) is 0 Å². The number of aromatic hydroxyl groups is 1. The number of carbonyl (C=O) groups excluding carboxylic acids is 1. The predicted molar refractivity (Wildman–Crippen MR) is 155 cm³/mol. The van der Waals surface area contributed by atoms with Crippen LogP contribution in [0.1, 0.15) is 109 Å². The normalized spacial score (nSPS) is 11.8. The van der Waals surface area contributed by atoms with Crippen molar-refractivity contribution in [2.45, 2.75) is 110 Å². The molecule has 1 N–H and O–H groups in total. The van der Waals surface area contributed by atoms with Crippen LogP contribution in [0.2, 0.25) is 5.02 Å². The van der Waals surface area contributed by atoms with Crippen LogP contribution in [0.4, 0.5) is 0 Å². The van der Waals surface area contributed by atoms with E-state index in [2.05, 4.69) is 17.1 Å². The Kier molecular flexibility index (Phi) is 11.4. The molecule has 3 rings (SSSR count). The zero-order chi connectivity index (χ0) is 27.5. The number of aromatic nitrogens is 3. The van der Waals surface area contributed by atoms with E-state index in [1.165, 1.54) is 56.2 Å². The Morgan fingerprint density at radius 1 is 0.921 bits per heavy atom. The lowest BCUT2D eigenvalue weighted by molar-refractivity contribution is -0.143. The van der Waals surface area contributed by atoms with Crippen LogP contribution in [0.3, 0.4) is 0 Å². The van der Waals surface area contributed by atoms with E-state index in [4.69, 9.17) is 16.3 Å². The highest BCUT2D eigenvalue weighted by Crippen LogP contribution is 2.36. The van der Waals surface area contributed by atoms with Crippen molar-refractivity contribution in [1.82, 2.24) is 15.0 Å². The number of benzene rings is 2. The summed E-state index contributed by atoms with van der Waals surface area (Å²) in [5.74, 6) is -0.0540. The van der Waals surface area contributed by atoms with Gasteiger partial charge in [-0.1, -0.05) is 103 Å². The smallest absolute Gasteiger partial charge is 0.306 e. The fraction of sp³-hybridized carbons (Fsp3) is 0.581. The van der Waals surface area contributed by atoms with Crippen LogP contribution in [0.25, 0.3) is 16.7 Å². The monoisotopic (exact) mass is 541 g/mol. The molecule has 0 fully saturated rings. The van der Waals surface area contributed by atoms with Gasteiger partial charge in [-0.3, -0.25) is 4.79 Å². The van der Waals surface area contributed by atoms with Gasteiger partial charge in [-0.25, -0.2) is 0 Å². The fourth-order valence-corrected chi connectivity index (χ4v) is 4.80. The predicted octanol–water partition coefficient (Wildman–Crippen LogP) is 8.47. The summed E-state index contributed by atoms with van der Waals surface area (Å²) in [6.45, 7) is 8.86. The molecule has 0 aliphatic heterocycles. The Morgan fingerprint density at radius 3 is 2.21 bits per heavy atom. The highest BCUT2D eigenvalue weighted by Gasteiger charge is 2.23. The minimum Gasteiger partial charge on any atom is -0.505 e. The van der Waals surface area contributed by atoms with Crippen LogP contribution in [0.15, 0.2) is 30.3 Å². The Hall–Kier alpha value is -2.60. The molecule has 0 aliphatic carbocycles. The van der Waals surface area contributed by atoms with Crippen molar-refractivity contribution in [3.8, 4) is 11.4 Å². The maximum absolute atomic E-state index is 12.4. The maximum atomic E-state index is 12.4. The van der Waals surface area contributed by atoms with Gasteiger partial charge in [0.1, 0.15) is 22.5 Å². The number of halogens is 1. The molecule has 0 radical (unpaired) electrons. The van der Waals surface area contributed by atoms with E-state index in [0.29, 0.717) is 34.8 Å². The van der Waals surface area contributed by atoms with E-state index in [0.717, 1.165) is 24.0 Å². The quantitative estimate of drug-likeness (QED) is 0.154. The maximum Gasteiger partial charge on any atom is 0.306 e. The fourth-order valence-electron chi connectivity index (χ4n) is 4.64. The molecule has 0 unspecified atom stereocenters. The number of nitrogens with zero attached hydrogens (tertiary/aromatic N) is 3. The molecule has 0 amide bonds. The van der Waals surface area contributed by atoms with Gasteiger partial charge in [-0.2, -0.15) is 0 Å². The Bertz CT molecular complexity index is 1180. The van der Waals surface area contributed by atoms with E-state index >= 15 is 0 Å². The highest BCUT2D eigenvalue weighted by molar-refractivity contribution is 6.31. The van der Waals surface area contributed by atoms with E-state index in [1.807, 2.05) is 32.9 Å². The summed E-state index contributed by atoms with van der Waals surface area (Å²) < 4.78 is 5.49. The first-order valence-corrected chi connectivity index (χ1v) is 14.6. The van der Waals surface area contributed by atoms with Crippen molar-refractivity contribution < 1.29 is 14.6 Å². The largest absolute Gasteiger partial charge is 0.505 e. The summed E-state index contributed by atoms with van der Waals surface area (Å²) in [5.41, 5.74) is 3.22. The van der Waals surface area contributed by atoms with Gasteiger partial charge >= 0.3 is 5.97 Å². The van der Waals surface area contributed by atoms with Crippen molar-refractivity contribution in [2.75, 3.05) is 6.61 Å². The lowest BCUT2D eigenvalue weighted by Crippen LogP contribution is -2.14. The summed E-state index contributed by atoms with van der Waals surface area (Å²) in [5, 5.41) is 20.7. The number of hydrogen-bond donors (Lipinski definition) is 1. The number of phenolic OH excluding ortho intramolecular Hbond substituents is 1. The molecule has 2 aromatic carbocycles. The standard InChI is InChI=1S/C31H44ClN3O3/c1-5-6-7-8-9-10-11-12-13-14-19-38-29(36)18-15-23-20-25(31(2,3)4)30(37)28(21-23)35-33-26-17-16-24(32)22-27(26)34-35/h16-17,20-22,37H,5-15,18-19H2,1-4H3. The highest BCUT2D eigenvalue weighted by atomic mass is 35.5. The molecule has 38 heavy (non-hydrogen) atoms. The summed E-state index contributed by atoms with van der Waals surface area (Å²) in [6.07, 6.45) is 13.3. The summed E-state index contributed by atoms with van der Waals surface area (Å²) in [4.78, 5) is 13.9. The van der Waals surface area contributed by atoms with Gasteiger partial charge in [0, 0.05) is 17.0 Å². The molecule has 0 bridgehead atoms. The first-order chi connectivity index (χ1) is 18.2. The van der Waals surface area contributed by atoms with Crippen molar-refractivity contribution in [2.24, 2.45) is 0 Å². The molecule has 0 saturated carbocycles. The van der Waals surface area contributed by atoms with Crippen molar-refractivity contribution in [1.29, 1.82) is 0 Å². The third-order valence-electron chi connectivity index (χ3n) is 6.89. The molecule has 0 saturated heterocycles. The number of carbonyl (C=O) groups is 1. The number of fused-ring (bicyclic) bond motifs is 1. The van der Waals surface area contributed by atoms with E-state index in [1.54, 1.807) is 18.2 Å². The second kappa shape index (κ2) is 14.5. The average molecular weight is 542 g/mol. The zero-order valence-electron chi connectivity index (χ0n) is 23.6. The number of unbranched alkanes of at least 4 members (excludes halogenated alkanes) is 9. The van der Waals surface area contributed by atoms with Gasteiger partial charge in [0.05, 0.1) is 6.61 Å². The SMILES string of the molecule is CCCCCCCCCCCCOC(=O)CCc1cc(-n2nc3ccc(Cl)cc3n2)c(O)c(C(C)(C)C)c1. The van der Waals surface area contributed by atoms with Crippen LogP contribution in [0, 0.1) is 0 Å². The molecule has 1 aromatic heterocycles. The Labute approximate surface area is 232 Å². The molecule has 0 aliphatic rings. The lowest BCUT2D eigenvalue weighted by atomic mass is 9.84. The molecule has 208 valence electrons. The number of aryl methyl sites for hydroxylation is 1. The van der Waals surface area contributed by atoms with Crippen molar-refractivity contribution >= 4 is 28.6 Å². The number of rotatable bonds is 15. The van der Waals surface area contributed by atoms with E-state index in [-0.39, 0.29) is 23.6 Å². The van der Waals surface area contributed by atoms with E-state index in [9.17, 15) is 9.90 Å². The van der Waals surface area contributed by atoms with Crippen LogP contribution < -0.4 is 0 Å². The second-order valence-electron chi connectivity index (χ2n) is 11.3. The van der Waals surface area contributed by atoms with Crippen LogP contribution >= 0.6 is 11.6 Å². The van der Waals surface area contributed by atoms with Gasteiger partial charge in [0.25, 0.3) is 0 Å². The molecule has 6 nitrogen and oxygen atoms in total.